The SMILES string of the molecule is COCCOCCOc1ccc(C2=N[C@@](C)(C(=O)O[C@@H]3OC(CO)[C@H](O)[C@H](O)C3O)CS2)c(O)c1. The molecule has 1 aromatic rings. The second-order valence-electron chi connectivity index (χ2n) is 8.21. The molecule has 0 amide bonds. The van der Waals surface area contributed by atoms with Crippen LogP contribution < -0.4 is 4.74 Å². The van der Waals surface area contributed by atoms with Crippen LogP contribution in [-0.2, 0) is 23.7 Å². The van der Waals surface area contributed by atoms with Crippen LogP contribution in [-0.4, -0.2) is 119 Å². The molecule has 1 aromatic carbocycles. The number of phenols is 1. The van der Waals surface area contributed by atoms with E-state index in [1.54, 1.807) is 19.2 Å². The third-order valence-corrected chi connectivity index (χ3v) is 6.77. The van der Waals surface area contributed by atoms with Gasteiger partial charge < -0.3 is 49.2 Å². The summed E-state index contributed by atoms with van der Waals surface area (Å²) >= 11 is 1.23. The molecule has 0 bridgehead atoms. The molecule has 1 saturated heterocycles. The molecule has 196 valence electrons. The number of carbonyl (C=O) groups excluding carboxylic acids is 1. The smallest absolute Gasteiger partial charge is 0.337 e. The first-order valence-electron chi connectivity index (χ1n) is 11.0. The number of hydrogen-bond acceptors (Lipinski definition) is 13. The van der Waals surface area contributed by atoms with Gasteiger partial charge in [-0.2, -0.15) is 0 Å². The third-order valence-electron chi connectivity index (χ3n) is 5.48. The van der Waals surface area contributed by atoms with Crippen molar-refractivity contribution in [3.8, 4) is 11.5 Å². The van der Waals surface area contributed by atoms with E-state index in [9.17, 15) is 30.3 Å². The number of rotatable bonds is 11. The Bertz CT molecular complexity index is 898. The molecule has 12 nitrogen and oxygen atoms in total. The van der Waals surface area contributed by atoms with E-state index in [2.05, 4.69) is 4.99 Å². The summed E-state index contributed by atoms with van der Waals surface area (Å²) in [6, 6.07) is 4.72. The highest BCUT2D eigenvalue weighted by Crippen LogP contribution is 2.36. The molecular formula is C22H31NO11S. The summed E-state index contributed by atoms with van der Waals surface area (Å²) in [5.74, 6) is -0.289. The number of carbonyl (C=O) groups is 1. The Morgan fingerprint density at radius 2 is 1.91 bits per heavy atom. The Morgan fingerprint density at radius 1 is 1.17 bits per heavy atom. The monoisotopic (exact) mass is 517 g/mol. The zero-order valence-electron chi connectivity index (χ0n) is 19.4. The van der Waals surface area contributed by atoms with E-state index in [0.717, 1.165) is 0 Å². The second kappa shape index (κ2) is 12.3. The predicted octanol–water partition coefficient (Wildman–Crippen LogP) is -0.971. The molecule has 3 rings (SSSR count). The summed E-state index contributed by atoms with van der Waals surface area (Å²) in [5.41, 5.74) is -0.956. The van der Waals surface area contributed by atoms with Crippen LogP contribution in [0.4, 0.5) is 0 Å². The second-order valence-corrected chi connectivity index (χ2v) is 9.18. The molecule has 2 aliphatic heterocycles. The molecule has 1 fully saturated rings. The van der Waals surface area contributed by atoms with Crippen molar-refractivity contribution >= 4 is 22.8 Å². The van der Waals surface area contributed by atoms with Gasteiger partial charge in [-0.15, -0.1) is 11.8 Å². The van der Waals surface area contributed by atoms with Crippen molar-refractivity contribution in [2.24, 2.45) is 4.99 Å². The normalized spacial score (nSPS) is 30.7. The highest BCUT2D eigenvalue weighted by Gasteiger charge is 2.48. The van der Waals surface area contributed by atoms with Gasteiger partial charge in [-0.3, -0.25) is 4.99 Å². The minimum atomic E-state index is -1.71. The highest BCUT2D eigenvalue weighted by molar-refractivity contribution is 8.14. The van der Waals surface area contributed by atoms with E-state index < -0.39 is 48.8 Å². The molecule has 0 spiro atoms. The minimum absolute atomic E-state index is 0.0828. The van der Waals surface area contributed by atoms with Crippen molar-refractivity contribution in [1.29, 1.82) is 0 Å². The van der Waals surface area contributed by atoms with Gasteiger partial charge in [-0.25, -0.2) is 4.79 Å². The first-order valence-corrected chi connectivity index (χ1v) is 12.0. The van der Waals surface area contributed by atoms with Crippen LogP contribution in [0, 0.1) is 0 Å². The first kappa shape index (κ1) is 27.6. The molecular weight excluding hydrogens is 486 g/mol. The average molecular weight is 518 g/mol. The number of phenolic OH excluding ortho intramolecular Hbond substituents is 1. The predicted molar refractivity (Wildman–Crippen MR) is 124 cm³/mol. The molecule has 2 heterocycles. The number of aliphatic hydroxyl groups excluding tert-OH is 4. The summed E-state index contributed by atoms with van der Waals surface area (Å²) in [7, 11) is 1.59. The van der Waals surface area contributed by atoms with Crippen LogP contribution >= 0.6 is 11.8 Å². The summed E-state index contributed by atoms with van der Waals surface area (Å²) in [6.45, 7) is 2.48. The van der Waals surface area contributed by atoms with Gasteiger partial charge in [0.05, 0.1) is 26.4 Å². The van der Waals surface area contributed by atoms with Crippen LogP contribution in [0.2, 0.25) is 0 Å². The first-order chi connectivity index (χ1) is 16.7. The molecule has 0 aromatic heterocycles. The molecule has 0 saturated carbocycles. The zero-order chi connectivity index (χ0) is 25.6. The molecule has 2 aliphatic rings. The Balaban J connectivity index is 1.61. The average Bonchev–Trinajstić information content (AvgIpc) is 3.24. The van der Waals surface area contributed by atoms with E-state index in [0.29, 0.717) is 42.8 Å². The highest BCUT2D eigenvalue weighted by atomic mass is 32.2. The van der Waals surface area contributed by atoms with Gasteiger partial charge in [0.25, 0.3) is 0 Å². The maximum Gasteiger partial charge on any atom is 0.337 e. The van der Waals surface area contributed by atoms with Crippen molar-refractivity contribution in [1.82, 2.24) is 0 Å². The Kier molecular flexibility index (Phi) is 9.72. The van der Waals surface area contributed by atoms with Gasteiger partial charge in [0.15, 0.2) is 5.54 Å². The molecule has 0 aliphatic carbocycles. The zero-order valence-corrected chi connectivity index (χ0v) is 20.2. The van der Waals surface area contributed by atoms with E-state index in [1.165, 1.54) is 24.8 Å². The maximum atomic E-state index is 12.8. The summed E-state index contributed by atoms with van der Waals surface area (Å²) in [4.78, 5) is 17.3. The van der Waals surface area contributed by atoms with Crippen molar-refractivity contribution in [2.45, 2.75) is 43.2 Å². The number of aliphatic imine (C=N–C) groups is 1. The fourth-order valence-corrected chi connectivity index (χ4v) is 4.58. The fraction of sp³-hybridized carbons (Fsp3) is 0.636. The van der Waals surface area contributed by atoms with Crippen molar-refractivity contribution in [3.05, 3.63) is 23.8 Å². The van der Waals surface area contributed by atoms with Gasteiger partial charge >= 0.3 is 5.97 Å². The molecule has 6 atom stereocenters. The van der Waals surface area contributed by atoms with Crippen LogP contribution in [0.5, 0.6) is 11.5 Å². The maximum absolute atomic E-state index is 12.8. The number of aromatic hydroxyl groups is 1. The van der Waals surface area contributed by atoms with Gasteiger partial charge in [0, 0.05) is 24.5 Å². The Labute approximate surface area is 206 Å². The number of benzene rings is 1. The van der Waals surface area contributed by atoms with Gasteiger partial charge in [-0.05, 0) is 19.1 Å². The van der Waals surface area contributed by atoms with Crippen molar-refractivity contribution in [2.75, 3.05) is 45.9 Å². The van der Waals surface area contributed by atoms with Crippen LogP contribution in [0.25, 0.3) is 0 Å². The van der Waals surface area contributed by atoms with Crippen molar-refractivity contribution in [3.63, 3.8) is 0 Å². The van der Waals surface area contributed by atoms with Crippen LogP contribution in [0.15, 0.2) is 23.2 Å². The molecule has 35 heavy (non-hydrogen) atoms. The quantitative estimate of drug-likeness (QED) is 0.180. The number of nitrogens with zero attached hydrogens (tertiary/aromatic N) is 1. The van der Waals surface area contributed by atoms with E-state index >= 15 is 0 Å². The Hall–Kier alpha value is -1.97. The number of esters is 1. The minimum Gasteiger partial charge on any atom is -0.507 e. The summed E-state index contributed by atoms with van der Waals surface area (Å²) in [6.07, 6.45) is -7.74. The standard InChI is InChI=1S/C22H31NO11S/c1-22(21(29)34-20-18(28)17(27)16(26)15(10-24)33-20)11-35-19(23-22)13-4-3-12(9-14(13)25)32-8-7-31-6-5-30-2/h3-4,9,15-18,20,24-28H,5-8,10-11H2,1-2H3/t15?,16-,17-,18?,20-,22+/m0/s1. The van der Waals surface area contributed by atoms with Gasteiger partial charge in [0.2, 0.25) is 6.29 Å². The van der Waals surface area contributed by atoms with E-state index in [-0.39, 0.29) is 11.5 Å². The lowest BCUT2D eigenvalue weighted by Gasteiger charge is -2.39. The van der Waals surface area contributed by atoms with Crippen molar-refractivity contribution < 1.29 is 54.0 Å². The third kappa shape index (κ3) is 6.62. The molecule has 0 radical (unpaired) electrons. The number of methoxy groups -OCH3 is 1. The fourth-order valence-electron chi connectivity index (χ4n) is 3.38. The topological polar surface area (TPSA) is 177 Å². The largest absolute Gasteiger partial charge is 0.507 e. The van der Waals surface area contributed by atoms with Gasteiger partial charge in [0.1, 0.15) is 47.6 Å². The summed E-state index contributed by atoms with van der Waals surface area (Å²) < 4.78 is 26.2. The number of thioether (sulfide) groups is 1. The lowest BCUT2D eigenvalue weighted by atomic mass is 9.99. The molecule has 13 heteroatoms. The summed E-state index contributed by atoms with van der Waals surface area (Å²) in [5, 5.41) is 50.0. The molecule has 2 unspecified atom stereocenters. The number of ether oxygens (including phenoxy) is 5. The van der Waals surface area contributed by atoms with E-state index in [1.807, 2.05) is 0 Å². The Morgan fingerprint density at radius 3 is 2.60 bits per heavy atom. The number of aliphatic hydroxyl groups is 4. The molecule has 5 N–H and O–H groups in total. The van der Waals surface area contributed by atoms with Crippen LogP contribution in [0.3, 0.4) is 0 Å². The number of hydrogen-bond donors (Lipinski definition) is 5. The van der Waals surface area contributed by atoms with Crippen LogP contribution in [0.1, 0.15) is 12.5 Å². The lowest BCUT2D eigenvalue weighted by molar-refractivity contribution is -0.293. The van der Waals surface area contributed by atoms with Gasteiger partial charge in [-0.1, -0.05) is 0 Å². The van der Waals surface area contributed by atoms with E-state index in [4.69, 9.17) is 23.7 Å². The lowest BCUT2D eigenvalue weighted by Crippen LogP contribution is -2.60.